The molecule has 2 aliphatic heterocycles. The number of hydrogen-bond acceptors (Lipinski definition) is 11. The molecule has 2 saturated heterocycles. The van der Waals surface area contributed by atoms with Gasteiger partial charge in [0.05, 0.1) is 0 Å². The van der Waals surface area contributed by atoms with E-state index >= 15 is 0 Å². The highest BCUT2D eigenvalue weighted by molar-refractivity contribution is 8.00. The van der Waals surface area contributed by atoms with E-state index in [9.17, 15) is 29.1 Å². The molecular weight excluding hydrogens is 562 g/mol. The quantitative estimate of drug-likeness (QED) is 0.0907. The standard InChI is InChI=1S/C22H26ClN5O8S2/c1-6-22(19(33)34)7-28-16(31)13(17(28)37-8-22)25-15(30)12(11-14(23)38-20(26-11)24-9-29)27-36-10(2)18(32)35-21(3,4)5/h6,9-10,13,17H,1,7-8H2,2-5H3,(H,25,30)(H,33,34)(H,24,26,29)/t10?,13?,17-,22?/m1/s1. The summed E-state index contributed by atoms with van der Waals surface area (Å²) in [5, 5.41) is 17.8. The number of thiazole rings is 1. The second kappa shape index (κ2) is 11.3. The average Bonchev–Trinajstić information content (AvgIpc) is 3.20. The third-order valence-corrected chi connectivity index (χ3v) is 8.19. The van der Waals surface area contributed by atoms with Crippen LogP contribution in [-0.4, -0.2) is 86.3 Å². The number of carbonyl (C=O) groups is 5. The number of amides is 3. The lowest BCUT2D eigenvalue weighted by Gasteiger charge is -2.53. The van der Waals surface area contributed by atoms with Crippen molar-refractivity contribution < 1.29 is 38.7 Å². The van der Waals surface area contributed by atoms with Crippen molar-refractivity contribution in [2.45, 2.75) is 50.8 Å². The van der Waals surface area contributed by atoms with Gasteiger partial charge in [-0.3, -0.25) is 19.2 Å². The minimum Gasteiger partial charge on any atom is -0.481 e. The van der Waals surface area contributed by atoms with Crippen LogP contribution in [-0.2, 0) is 33.5 Å². The number of hydrogen-bond donors (Lipinski definition) is 3. The van der Waals surface area contributed by atoms with Crippen LogP contribution < -0.4 is 10.6 Å². The van der Waals surface area contributed by atoms with Crippen molar-refractivity contribution in [1.82, 2.24) is 15.2 Å². The van der Waals surface area contributed by atoms with Crippen LogP contribution in [0.3, 0.4) is 0 Å². The van der Waals surface area contributed by atoms with Gasteiger partial charge in [0, 0.05) is 12.3 Å². The van der Waals surface area contributed by atoms with Gasteiger partial charge in [0.15, 0.2) is 10.8 Å². The highest BCUT2D eigenvalue weighted by Crippen LogP contribution is 2.42. The summed E-state index contributed by atoms with van der Waals surface area (Å²) >= 11 is 8.28. The van der Waals surface area contributed by atoms with E-state index in [1.807, 2.05) is 0 Å². The molecule has 3 unspecified atom stereocenters. The number of ether oxygens (including phenoxy) is 1. The van der Waals surface area contributed by atoms with Crippen molar-refractivity contribution >= 4 is 75.7 Å². The molecule has 0 saturated carbocycles. The summed E-state index contributed by atoms with van der Waals surface area (Å²) in [5.74, 6) is -3.05. The molecule has 3 rings (SSSR count). The van der Waals surface area contributed by atoms with Gasteiger partial charge in [-0.15, -0.1) is 18.3 Å². The van der Waals surface area contributed by atoms with Gasteiger partial charge < -0.3 is 30.2 Å². The first kappa shape index (κ1) is 29.4. The number of nitrogens with one attached hydrogen (secondary N) is 2. The fourth-order valence-corrected chi connectivity index (χ4v) is 6.00. The van der Waals surface area contributed by atoms with Gasteiger partial charge >= 0.3 is 11.9 Å². The molecule has 1 aromatic rings. The number of nitrogens with zero attached hydrogens (tertiary/aromatic N) is 3. The topological polar surface area (TPSA) is 177 Å². The van der Waals surface area contributed by atoms with Gasteiger partial charge in [-0.25, -0.2) is 9.78 Å². The summed E-state index contributed by atoms with van der Waals surface area (Å²) in [5.41, 5.74) is -2.67. The third kappa shape index (κ3) is 6.10. The summed E-state index contributed by atoms with van der Waals surface area (Å²) in [4.78, 5) is 71.6. The Bertz CT molecular complexity index is 1200. The number of rotatable bonds is 10. The number of aromatic nitrogens is 1. The second-order valence-electron chi connectivity index (χ2n) is 9.41. The Hall–Kier alpha value is -3.17. The van der Waals surface area contributed by atoms with Gasteiger partial charge in [0.1, 0.15) is 32.5 Å². The van der Waals surface area contributed by atoms with E-state index in [0.717, 1.165) is 11.3 Å². The minimum atomic E-state index is -1.29. The minimum absolute atomic E-state index is 0.0115. The van der Waals surface area contributed by atoms with Crippen molar-refractivity contribution in [2.24, 2.45) is 10.6 Å². The first-order valence-corrected chi connectivity index (χ1v) is 13.4. The third-order valence-electron chi connectivity index (χ3n) is 5.46. The monoisotopic (exact) mass is 587 g/mol. The van der Waals surface area contributed by atoms with Crippen molar-refractivity contribution in [3.8, 4) is 0 Å². The SMILES string of the molecule is C=CC1(C(=O)O)CS[C@@H]2C(NC(=O)C(=NOC(C)C(=O)OC(C)(C)C)c3nc(NC=O)sc3Cl)C(=O)N2C1. The summed E-state index contributed by atoms with van der Waals surface area (Å²) in [6, 6.07) is -0.984. The van der Waals surface area contributed by atoms with E-state index in [0.29, 0.717) is 6.41 Å². The molecule has 0 bridgehead atoms. The molecular formula is C22H26ClN5O8S2. The fraction of sp³-hybridized carbons (Fsp3) is 0.500. The van der Waals surface area contributed by atoms with Crippen LogP contribution in [0.4, 0.5) is 5.13 Å². The lowest BCUT2D eigenvalue weighted by Crippen LogP contribution is -2.73. The van der Waals surface area contributed by atoms with Gasteiger partial charge in [-0.1, -0.05) is 34.2 Å². The summed E-state index contributed by atoms with van der Waals surface area (Å²) in [6.07, 6.45) is 0.472. The first-order valence-electron chi connectivity index (χ1n) is 11.2. The van der Waals surface area contributed by atoms with E-state index in [2.05, 4.69) is 27.4 Å². The number of carbonyl (C=O) groups excluding carboxylic acids is 4. The normalized spacial score (nSPS) is 23.9. The van der Waals surface area contributed by atoms with Crippen molar-refractivity contribution in [2.75, 3.05) is 17.6 Å². The molecule has 3 N–H and O–H groups in total. The molecule has 13 nitrogen and oxygen atoms in total. The lowest BCUT2D eigenvalue weighted by molar-refractivity contribution is -0.167. The zero-order valence-corrected chi connectivity index (χ0v) is 23.2. The number of fused-ring (bicyclic) bond motifs is 1. The van der Waals surface area contributed by atoms with Crippen molar-refractivity contribution in [3.05, 3.63) is 22.7 Å². The Morgan fingerprint density at radius 3 is 2.66 bits per heavy atom. The van der Waals surface area contributed by atoms with Crippen LogP contribution in [0.25, 0.3) is 0 Å². The number of β-lactam (4-membered cyclic amide) rings is 1. The predicted molar refractivity (Wildman–Crippen MR) is 140 cm³/mol. The maximum Gasteiger partial charge on any atom is 0.350 e. The van der Waals surface area contributed by atoms with Crippen LogP contribution in [0.15, 0.2) is 17.8 Å². The second-order valence-corrected chi connectivity index (χ2v) is 12.1. The van der Waals surface area contributed by atoms with E-state index in [1.165, 1.54) is 29.7 Å². The van der Waals surface area contributed by atoms with Gasteiger partial charge in [0.25, 0.3) is 5.91 Å². The van der Waals surface area contributed by atoms with Gasteiger partial charge in [0.2, 0.25) is 18.4 Å². The van der Waals surface area contributed by atoms with E-state index in [-0.39, 0.29) is 27.5 Å². The molecule has 4 atom stereocenters. The molecule has 0 aliphatic carbocycles. The van der Waals surface area contributed by atoms with Crippen LogP contribution >= 0.6 is 34.7 Å². The summed E-state index contributed by atoms with van der Waals surface area (Å²) < 4.78 is 5.23. The lowest BCUT2D eigenvalue weighted by atomic mass is 9.87. The Morgan fingerprint density at radius 1 is 1.39 bits per heavy atom. The predicted octanol–water partition coefficient (Wildman–Crippen LogP) is 1.47. The Labute approximate surface area is 230 Å². The molecule has 0 spiro atoms. The maximum atomic E-state index is 13.3. The van der Waals surface area contributed by atoms with Gasteiger partial charge in [-0.2, -0.15) is 0 Å². The Kier molecular flexibility index (Phi) is 8.73. The number of anilines is 1. The number of carboxylic acids is 1. The number of halogens is 1. The number of oxime groups is 1. The molecule has 2 aliphatic rings. The number of carboxylic acid groups (broad SMARTS) is 1. The van der Waals surface area contributed by atoms with Crippen LogP contribution in [0.1, 0.15) is 33.4 Å². The molecule has 206 valence electrons. The largest absolute Gasteiger partial charge is 0.481 e. The average molecular weight is 588 g/mol. The highest BCUT2D eigenvalue weighted by Gasteiger charge is 2.56. The number of aliphatic carboxylic acids is 1. The Morgan fingerprint density at radius 2 is 2.08 bits per heavy atom. The molecule has 1 aromatic heterocycles. The van der Waals surface area contributed by atoms with Crippen LogP contribution in [0.2, 0.25) is 4.34 Å². The van der Waals surface area contributed by atoms with Crippen LogP contribution in [0.5, 0.6) is 0 Å². The molecule has 3 heterocycles. The van der Waals surface area contributed by atoms with E-state index in [1.54, 1.807) is 20.8 Å². The molecule has 16 heteroatoms. The number of esters is 1. The van der Waals surface area contributed by atoms with Crippen molar-refractivity contribution in [3.63, 3.8) is 0 Å². The summed E-state index contributed by atoms with van der Waals surface area (Å²) in [7, 11) is 0. The Balaban J connectivity index is 1.82. The molecule has 38 heavy (non-hydrogen) atoms. The first-order chi connectivity index (χ1) is 17.7. The molecule has 0 radical (unpaired) electrons. The zero-order valence-electron chi connectivity index (χ0n) is 20.8. The zero-order chi connectivity index (χ0) is 28.4. The van der Waals surface area contributed by atoms with Gasteiger partial charge in [-0.05, 0) is 27.7 Å². The summed E-state index contributed by atoms with van der Waals surface area (Å²) in [6.45, 7) is 9.91. The maximum absolute atomic E-state index is 13.3. The van der Waals surface area contributed by atoms with E-state index < -0.39 is 58.0 Å². The molecule has 2 fully saturated rings. The fourth-order valence-electron chi connectivity index (χ4n) is 3.46. The van der Waals surface area contributed by atoms with Crippen LogP contribution in [0, 0.1) is 5.41 Å². The van der Waals surface area contributed by atoms with E-state index in [4.69, 9.17) is 21.2 Å². The molecule has 0 aromatic carbocycles. The molecule has 3 amide bonds. The highest BCUT2D eigenvalue weighted by atomic mass is 35.5. The van der Waals surface area contributed by atoms with Crippen molar-refractivity contribution in [1.29, 1.82) is 0 Å². The smallest absolute Gasteiger partial charge is 0.350 e. The number of thioether (sulfide) groups is 1.